The zero-order valence-corrected chi connectivity index (χ0v) is 21.5. The summed E-state index contributed by atoms with van der Waals surface area (Å²) in [6.07, 6.45) is -4.96. The Morgan fingerprint density at radius 2 is 1.32 bits per heavy atom. The third kappa shape index (κ3) is 7.60. The van der Waals surface area contributed by atoms with Crippen LogP contribution < -0.4 is 20.9 Å². The second-order valence-electron chi connectivity index (χ2n) is 8.58. The molecule has 8 nitrogen and oxygen atoms in total. The van der Waals surface area contributed by atoms with E-state index in [0.29, 0.717) is 0 Å². The maximum Gasteiger partial charge on any atom is 0.472 e. The Morgan fingerprint density at radius 1 is 0.700 bits per heavy atom. The molecule has 0 spiro atoms. The van der Waals surface area contributed by atoms with E-state index in [2.05, 4.69) is 15.5 Å². The van der Waals surface area contributed by atoms with Crippen molar-refractivity contribution in [3.05, 3.63) is 109 Å². The number of anilines is 3. The average molecular weight is 569 g/mol. The molecule has 0 aliphatic rings. The molecule has 0 aromatic heterocycles. The molecule has 4 aromatic carbocycles. The van der Waals surface area contributed by atoms with Crippen molar-refractivity contribution in [2.75, 3.05) is 15.5 Å². The van der Waals surface area contributed by atoms with Gasteiger partial charge in [-0.25, -0.2) is 8.42 Å². The number of amides is 2. The first-order valence-corrected chi connectivity index (χ1v) is 13.3. The van der Waals surface area contributed by atoms with E-state index in [-0.39, 0.29) is 34.3 Å². The van der Waals surface area contributed by atoms with Crippen molar-refractivity contribution in [1.29, 1.82) is 0 Å². The molecule has 2 amide bonds. The van der Waals surface area contributed by atoms with Gasteiger partial charge in [-0.15, -0.1) is 0 Å². The van der Waals surface area contributed by atoms with Gasteiger partial charge in [-0.05, 0) is 59.2 Å². The summed E-state index contributed by atoms with van der Waals surface area (Å²) in [6, 6.07) is 28.2. The van der Waals surface area contributed by atoms with Gasteiger partial charge in [-0.1, -0.05) is 60.7 Å². The van der Waals surface area contributed by atoms with E-state index in [9.17, 15) is 31.2 Å². The Bertz CT molecular complexity index is 1590. The molecule has 40 heavy (non-hydrogen) atoms. The van der Waals surface area contributed by atoms with Crippen LogP contribution in [-0.4, -0.2) is 26.4 Å². The predicted octanol–water partition coefficient (Wildman–Crippen LogP) is 5.34. The Morgan fingerprint density at radius 3 is 1.98 bits per heavy atom. The SMILES string of the molecule is O=C(Cc1ccc(-c2ccccc2)cc1)Nc1cccc(S(=O)(=O)Nc2ccc(NNC(=O)C(F)(F)F)cc2)c1. The van der Waals surface area contributed by atoms with E-state index in [0.717, 1.165) is 16.7 Å². The van der Waals surface area contributed by atoms with Crippen LogP contribution in [0.4, 0.5) is 30.2 Å². The van der Waals surface area contributed by atoms with E-state index >= 15 is 0 Å². The highest BCUT2D eigenvalue weighted by molar-refractivity contribution is 7.92. The third-order valence-corrected chi connectivity index (χ3v) is 6.95. The van der Waals surface area contributed by atoms with Crippen LogP contribution >= 0.6 is 0 Å². The molecule has 0 aliphatic heterocycles. The topological polar surface area (TPSA) is 116 Å². The minimum atomic E-state index is -5.05. The van der Waals surface area contributed by atoms with Gasteiger partial charge in [0.05, 0.1) is 17.0 Å². The van der Waals surface area contributed by atoms with Crippen LogP contribution in [0.1, 0.15) is 5.56 Å². The summed E-state index contributed by atoms with van der Waals surface area (Å²) in [5, 5.41) is 2.70. The molecule has 0 unspecified atom stereocenters. The first-order chi connectivity index (χ1) is 19.0. The number of rotatable bonds is 9. The fourth-order valence-corrected chi connectivity index (χ4v) is 4.72. The number of benzene rings is 4. The van der Waals surface area contributed by atoms with Crippen LogP contribution in [0.5, 0.6) is 0 Å². The zero-order chi connectivity index (χ0) is 28.8. The summed E-state index contributed by atoms with van der Waals surface area (Å²) in [7, 11) is -4.06. The normalized spacial score (nSPS) is 11.4. The van der Waals surface area contributed by atoms with Gasteiger partial charge in [0.25, 0.3) is 10.0 Å². The molecule has 0 aliphatic carbocycles. The Hall–Kier alpha value is -4.84. The van der Waals surface area contributed by atoms with E-state index in [1.54, 1.807) is 6.07 Å². The van der Waals surface area contributed by atoms with Crippen molar-refractivity contribution < 1.29 is 31.2 Å². The fraction of sp³-hybridized carbons (Fsp3) is 0.0714. The van der Waals surface area contributed by atoms with E-state index < -0.39 is 22.1 Å². The van der Waals surface area contributed by atoms with Gasteiger partial charge in [-0.2, -0.15) is 13.2 Å². The zero-order valence-electron chi connectivity index (χ0n) is 20.7. The summed E-state index contributed by atoms with van der Waals surface area (Å²) in [5.74, 6) is -2.50. The number of halogens is 3. The monoisotopic (exact) mass is 568 g/mol. The summed E-state index contributed by atoms with van der Waals surface area (Å²) < 4.78 is 64.9. The molecule has 0 bridgehead atoms. The molecule has 0 atom stereocenters. The minimum Gasteiger partial charge on any atom is -0.326 e. The van der Waals surface area contributed by atoms with Crippen molar-refractivity contribution in [2.45, 2.75) is 17.5 Å². The maximum absolute atomic E-state index is 12.9. The van der Waals surface area contributed by atoms with Crippen LogP contribution in [0.25, 0.3) is 11.1 Å². The molecule has 0 radical (unpaired) electrons. The lowest BCUT2D eigenvalue weighted by Gasteiger charge is -2.12. The molecule has 4 N–H and O–H groups in total. The lowest BCUT2D eigenvalue weighted by molar-refractivity contribution is -0.173. The number of hydrogen-bond acceptors (Lipinski definition) is 5. The molecule has 206 valence electrons. The first-order valence-electron chi connectivity index (χ1n) is 11.8. The van der Waals surface area contributed by atoms with E-state index in [1.807, 2.05) is 54.6 Å². The van der Waals surface area contributed by atoms with Crippen LogP contribution in [0.3, 0.4) is 0 Å². The van der Waals surface area contributed by atoms with Gasteiger partial charge in [0.15, 0.2) is 0 Å². The molecule has 0 fully saturated rings. The second kappa shape index (κ2) is 11.9. The Kier molecular flexibility index (Phi) is 8.39. The maximum atomic E-state index is 12.9. The molecule has 4 aromatic rings. The summed E-state index contributed by atoms with van der Waals surface area (Å²) in [6.45, 7) is 0. The highest BCUT2D eigenvalue weighted by Gasteiger charge is 2.38. The fourth-order valence-electron chi connectivity index (χ4n) is 3.61. The second-order valence-corrected chi connectivity index (χ2v) is 10.3. The third-order valence-electron chi connectivity index (χ3n) is 5.57. The molecule has 12 heteroatoms. The standard InChI is InChI=1S/C28H23F3N4O4S/c29-28(30,31)27(37)34-33-22-13-15-23(16-14-22)35-40(38,39)25-8-4-7-24(18-25)32-26(36)17-19-9-11-21(12-10-19)20-5-2-1-3-6-20/h1-16,18,33,35H,17H2,(H,32,36)(H,34,37). The van der Waals surface area contributed by atoms with Crippen LogP contribution in [0, 0.1) is 0 Å². The number of hydrazine groups is 1. The largest absolute Gasteiger partial charge is 0.472 e. The first kappa shape index (κ1) is 28.2. The highest BCUT2D eigenvalue weighted by atomic mass is 32.2. The minimum absolute atomic E-state index is 0.0914. The lowest BCUT2D eigenvalue weighted by atomic mass is 10.0. The van der Waals surface area contributed by atoms with Gasteiger partial charge in [-0.3, -0.25) is 25.2 Å². The van der Waals surface area contributed by atoms with Crippen LogP contribution in [-0.2, 0) is 26.0 Å². The number of nitrogens with one attached hydrogen (secondary N) is 4. The smallest absolute Gasteiger partial charge is 0.326 e. The van der Waals surface area contributed by atoms with Gasteiger partial charge < -0.3 is 5.32 Å². The van der Waals surface area contributed by atoms with Gasteiger partial charge in [0, 0.05) is 11.4 Å². The van der Waals surface area contributed by atoms with Crippen molar-refractivity contribution in [3.8, 4) is 11.1 Å². The molecule has 4 rings (SSSR count). The number of sulfonamides is 1. The Labute approximate surface area is 228 Å². The van der Waals surface area contributed by atoms with Crippen molar-refractivity contribution in [2.24, 2.45) is 0 Å². The molecule has 0 saturated carbocycles. The van der Waals surface area contributed by atoms with Crippen LogP contribution in [0.2, 0.25) is 0 Å². The van der Waals surface area contributed by atoms with E-state index in [4.69, 9.17) is 0 Å². The van der Waals surface area contributed by atoms with Crippen molar-refractivity contribution in [3.63, 3.8) is 0 Å². The molecule has 0 heterocycles. The van der Waals surface area contributed by atoms with Crippen molar-refractivity contribution >= 4 is 38.9 Å². The quantitative estimate of drug-likeness (QED) is 0.204. The number of alkyl halides is 3. The van der Waals surface area contributed by atoms with Crippen molar-refractivity contribution in [1.82, 2.24) is 5.43 Å². The molecule has 0 saturated heterocycles. The van der Waals surface area contributed by atoms with Crippen LogP contribution in [0.15, 0.2) is 108 Å². The Balaban J connectivity index is 1.35. The predicted molar refractivity (Wildman–Crippen MR) is 146 cm³/mol. The molecular weight excluding hydrogens is 545 g/mol. The summed E-state index contributed by atoms with van der Waals surface area (Å²) >= 11 is 0. The highest BCUT2D eigenvalue weighted by Crippen LogP contribution is 2.22. The average Bonchev–Trinajstić information content (AvgIpc) is 2.93. The number of hydrogen-bond donors (Lipinski definition) is 4. The van der Waals surface area contributed by atoms with Gasteiger partial charge in [0.1, 0.15) is 0 Å². The summed E-state index contributed by atoms with van der Waals surface area (Å²) in [4.78, 5) is 23.4. The molecular formula is C28H23F3N4O4S. The van der Waals surface area contributed by atoms with E-state index in [1.165, 1.54) is 47.9 Å². The van der Waals surface area contributed by atoms with Gasteiger partial charge in [0.2, 0.25) is 5.91 Å². The van der Waals surface area contributed by atoms with Gasteiger partial charge >= 0.3 is 12.1 Å². The summed E-state index contributed by atoms with van der Waals surface area (Å²) in [5.41, 5.74) is 6.96. The lowest BCUT2D eigenvalue weighted by Crippen LogP contribution is -2.40. The number of carbonyl (C=O) groups excluding carboxylic acids is 2. The number of carbonyl (C=O) groups is 2.